The summed E-state index contributed by atoms with van der Waals surface area (Å²) in [4.78, 5) is 23.9. The second kappa shape index (κ2) is 9.70. The number of alkyl carbamates (subject to hydrolysis) is 1. The molecular weight excluding hydrogens is 374 g/mol. The van der Waals surface area contributed by atoms with Crippen LogP contribution in [-0.4, -0.2) is 45.3 Å². The van der Waals surface area contributed by atoms with Gasteiger partial charge in [0.15, 0.2) is 0 Å². The van der Waals surface area contributed by atoms with Gasteiger partial charge in [-0.25, -0.2) is 9.59 Å². The van der Waals surface area contributed by atoms with Gasteiger partial charge in [0, 0.05) is 6.42 Å². The van der Waals surface area contributed by atoms with Gasteiger partial charge in [-0.15, -0.1) is 0 Å². The van der Waals surface area contributed by atoms with Crippen molar-refractivity contribution in [3.05, 3.63) is 29.8 Å². The molecule has 1 N–H and O–H groups in total. The Morgan fingerprint density at radius 2 is 1.74 bits per heavy atom. The lowest BCUT2D eigenvalue weighted by molar-refractivity contribution is -0.146. The fourth-order valence-corrected chi connectivity index (χ4v) is 2.91. The Kier molecular flexibility index (Phi) is 8.23. The highest BCUT2D eigenvalue weighted by Crippen LogP contribution is 2.14. The number of amides is 1. The van der Waals surface area contributed by atoms with Gasteiger partial charge in [-0.1, -0.05) is 17.7 Å². The van der Waals surface area contributed by atoms with Crippen molar-refractivity contribution in [3.8, 4) is 0 Å². The molecule has 0 saturated carbocycles. The van der Waals surface area contributed by atoms with Crippen LogP contribution in [0.25, 0.3) is 0 Å². The first kappa shape index (κ1) is 22.9. The Bertz CT molecular complexity index is 736. The van der Waals surface area contributed by atoms with Crippen molar-refractivity contribution in [3.63, 3.8) is 0 Å². The van der Waals surface area contributed by atoms with Crippen molar-refractivity contribution in [2.24, 2.45) is 0 Å². The molecule has 0 aliphatic carbocycles. The van der Waals surface area contributed by atoms with Crippen molar-refractivity contribution in [2.45, 2.75) is 57.6 Å². The Hall–Kier alpha value is -2.13. The number of nitrogens with one attached hydrogen (secondary N) is 1. The predicted molar refractivity (Wildman–Crippen MR) is 98.7 cm³/mol. The van der Waals surface area contributed by atoms with Gasteiger partial charge < -0.3 is 14.8 Å². The van der Waals surface area contributed by atoms with Gasteiger partial charge in [-0.2, -0.15) is 8.42 Å². The van der Waals surface area contributed by atoms with Gasteiger partial charge >= 0.3 is 12.1 Å². The van der Waals surface area contributed by atoms with Crippen molar-refractivity contribution in [1.29, 1.82) is 0 Å². The Balaban J connectivity index is 2.71. The van der Waals surface area contributed by atoms with Crippen molar-refractivity contribution < 1.29 is 31.7 Å². The number of hydrogen-bond acceptors (Lipinski definition) is 7. The van der Waals surface area contributed by atoms with Crippen molar-refractivity contribution in [1.82, 2.24) is 5.32 Å². The first-order valence-corrected chi connectivity index (χ1v) is 9.97. The van der Waals surface area contributed by atoms with E-state index in [-0.39, 0.29) is 24.5 Å². The molecule has 0 saturated heterocycles. The lowest BCUT2D eigenvalue weighted by Gasteiger charge is -2.22. The molecular formula is C18H27NO7S. The number of ether oxygens (including phenoxy) is 2. The lowest BCUT2D eigenvalue weighted by atomic mass is 10.2. The van der Waals surface area contributed by atoms with Gasteiger partial charge in [-0.05, 0) is 46.8 Å². The van der Waals surface area contributed by atoms with Crippen LogP contribution in [0.2, 0.25) is 0 Å². The first-order valence-electron chi connectivity index (χ1n) is 8.57. The number of carbonyl (C=O) groups excluding carboxylic acids is 2. The third-order valence-corrected chi connectivity index (χ3v) is 4.54. The number of aryl methyl sites for hydroxylation is 1. The fraction of sp³-hybridized carbons (Fsp3) is 0.556. The standard InChI is InChI=1S/C18H27NO7S/c1-6-24-16(20)15(19-17(21)26-18(3,4)5)11-12-25-27(22,23)14-9-7-13(2)8-10-14/h7-10,15H,6,11-12H2,1-5H3,(H,19,21)/t15-/m1/s1. The van der Waals surface area contributed by atoms with E-state index < -0.39 is 33.8 Å². The third kappa shape index (κ3) is 8.40. The van der Waals surface area contributed by atoms with Crippen LogP contribution < -0.4 is 5.32 Å². The number of benzene rings is 1. The predicted octanol–water partition coefficient (Wildman–Crippen LogP) is 2.55. The molecule has 0 unspecified atom stereocenters. The van der Waals surface area contributed by atoms with Crippen molar-refractivity contribution >= 4 is 22.2 Å². The minimum absolute atomic E-state index is 0.0147. The molecule has 27 heavy (non-hydrogen) atoms. The molecule has 1 atom stereocenters. The molecule has 1 rings (SSSR count). The Morgan fingerprint density at radius 3 is 2.26 bits per heavy atom. The monoisotopic (exact) mass is 401 g/mol. The number of hydrogen-bond donors (Lipinski definition) is 1. The molecule has 0 aromatic heterocycles. The van der Waals surface area contributed by atoms with E-state index >= 15 is 0 Å². The summed E-state index contributed by atoms with van der Waals surface area (Å²) in [6.45, 7) is 8.32. The van der Waals surface area contributed by atoms with Crippen LogP contribution >= 0.6 is 0 Å². The van der Waals surface area contributed by atoms with E-state index in [1.165, 1.54) is 12.1 Å². The van der Waals surface area contributed by atoms with E-state index in [1.807, 2.05) is 6.92 Å². The Morgan fingerprint density at radius 1 is 1.15 bits per heavy atom. The van der Waals surface area contributed by atoms with E-state index in [1.54, 1.807) is 39.8 Å². The minimum atomic E-state index is -3.96. The van der Waals surface area contributed by atoms with Crippen molar-refractivity contribution in [2.75, 3.05) is 13.2 Å². The Labute approximate surface area is 160 Å². The summed E-state index contributed by atoms with van der Waals surface area (Å²) < 4.78 is 39.3. The third-order valence-electron chi connectivity index (χ3n) is 3.22. The number of esters is 1. The summed E-state index contributed by atoms with van der Waals surface area (Å²) in [5.74, 6) is -0.695. The fourth-order valence-electron chi connectivity index (χ4n) is 1.99. The first-order chi connectivity index (χ1) is 12.4. The number of carbonyl (C=O) groups is 2. The van der Waals surface area contributed by atoms with E-state index in [9.17, 15) is 18.0 Å². The average Bonchev–Trinajstić information content (AvgIpc) is 2.52. The smallest absolute Gasteiger partial charge is 0.408 e. The molecule has 152 valence electrons. The largest absolute Gasteiger partial charge is 0.464 e. The molecule has 0 aliphatic rings. The van der Waals surface area contributed by atoms with Gasteiger partial charge in [0.2, 0.25) is 0 Å². The van der Waals surface area contributed by atoms with Crippen LogP contribution in [0.15, 0.2) is 29.2 Å². The summed E-state index contributed by atoms with van der Waals surface area (Å²) in [5.41, 5.74) is 0.173. The molecule has 0 heterocycles. The van der Waals surface area contributed by atoms with Crippen LogP contribution in [0, 0.1) is 6.92 Å². The normalized spacial score (nSPS) is 12.9. The molecule has 0 radical (unpaired) electrons. The highest BCUT2D eigenvalue weighted by atomic mass is 32.2. The van der Waals surface area contributed by atoms with Crippen LogP contribution in [0.4, 0.5) is 4.79 Å². The topological polar surface area (TPSA) is 108 Å². The van der Waals surface area contributed by atoms with Gasteiger partial charge in [0.25, 0.3) is 10.1 Å². The second-order valence-electron chi connectivity index (χ2n) is 6.83. The van der Waals surface area contributed by atoms with Gasteiger partial charge in [-0.3, -0.25) is 4.18 Å². The quantitative estimate of drug-likeness (QED) is 0.527. The molecule has 0 spiro atoms. The summed E-state index contributed by atoms with van der Waals surface area (Å²) in [5, 5.41) is 2.38. The molecule has 0 aliphatic heterocycles. The molecule has 9 heteroatoms. The molecule has 0 fully saturated rings. The maximum absolute atomic E-state index is 12.2. The maximum Gasteiger partial charge on any atom is 0.408 e. The zero-order valence-corrected chi connectivity index (χ0v) is 17.1. The summed E-state index contributed by atoms with van der Waals surface area (Å²) in [7, 11) is -3.96. The molecule has 1 aromatic carbocycles. The van der Waals surface area contributed by atoms with Crippen LogP contribution in [-0.2, 0) is 28.6 Å². The van der Waals surface area contributed by atoms with Crippen LogP contribution in [0.3, 0.4) is 0 Å². The second-order valence-corrected chi connectivity index (χ2v) is 8.44. The lowest BCUT2D eigenvalue weighted by Crippen LogP contribution is -2.45. The summed E-state index contributed by atoms with van der Waals surface area (Å²) in [6, 6.07) is 5.09. The van der Waals surface area contributed by atoms with E-state index in [0.717, 1.165) is 5.56 Å². The highest BCUT2D eigenvalue weighted by Gasteiger charge is 2.26. The maximum atomic E-state index is 12.2. The highest BCUT2D eigenvalue weighted by molar-refractivity contribution is 7.86. The average molecular weight is 401 g/mol. The molecule has 1 amide bonds. The molecule has 1 aromatic rings. The van der Waals surface area contributed by atoms with E-state index in [2.05, 4.69) is 5.32 Å². The van der Waals surface area contributed by atoms with E-state index in [4.69, 9.17) is 13.7 Å². The SMILES string of the molecule is CCOC(=O)[C@@H](CCOS(=O)(=O)c1ccc(C)cc1)NC(=O)OC(C)(C)C. The summed E-state index contributed by atoms with van der Waals surface area (Å²) in [6.07, 6.45) is -0.898. The van der Waals surface area contributed by atoms with Crippen LogP contribution in [0.1, 0.15) is 39.7 Å². The van der Waals surface area contributed by atoms with E-state index in [0.29, 0.717) is 0 Å². The van der Waals surface area contributed by atoms with Crippen LogP contribution in [0.5, 0.6) is 0 Å². The zero-order valence-electron chi connectivity index (χ0n) is 16.3. The van der Waals surface area contributed by atoms with Gasteiger partial charge in [0.05, 0.1) is 18.1 Å². The zero-order chi connectivity index (χ0) is 20.7. The number of rotatable bonds is 8. The summed E-state index contributed by atoms with van der Waals surface area (Å²) >= 11 is 0. The van der Waals surface area contributed by atoms with Gasteiger partial charge in [0.1, 0.15) is 11.6 Å². The molecule has 0 bridgehead atoms. The minimum Gasteiger partial charge on any atom is -0.464 e. The molecule has 8 nitrogen and oxygen atoms in total.